The molecule has 1 aromatic carbocycles. The van der Waals surface area contributed by atoms with Gasteiger partial charge in [0.05, 0.1) is 17.9 Å². The summed E-state index contributed by atoms with van der Waals surface area (Å²) in [5, 5.41) is 11.0. The number of hydrogen-bond acceptors (Lipinski definition) is 5. The summed E-state index contributed by atoms with van der Waals surface area (Å²) in [7, 11) is 0. The minimum atomic E-state index is -0.770. The van der Waals surface area contributed by atoms with Crippen molar-refractivity contribution in [3.63, 3.8) is 0 Å². The quantitative estimate of drug-likeness (QED) is 0.282. The molecule has 2 heterocycles. The van der Waals surface area contributed by atoms with Gasteiger partial charge >= 0.3 is 0 Å². The third-order valence-electron chi connectivity index (χ3n) is 4.78. The molecule has 0 bridgehead atoms. The standard InChI is InChI=1S/C22H24BrNO5/c1-13(2)28-11-5-9-24-19(17-6-4-10-29-17)18(21(26)22(24)27)20(25)15-7-8-16(23)14(3)12-15/h4,6-8,10,12-13,19,25H,5,9,11H2,1-3H3/b20-18-. The number of ether oxygens (including phenoxy) is 1. The van der Waals surface area contributed by atoms with Crippen LogP contribution in [0.5, 0.6) is 0 Å². The fraction of sp³-hybridized carbons (Fsp3) is 0.364. The van der Waals surface area contributed by atoms with E-state index in [1.807, 2.05) is 20.8 Å². The zero-order valence-electron chi connectivity index (χ0n) is 16.6. The fourth-order valence-electron chi connectivity index (χ4n) is 3.35. The zero-order chi connectivity index (χ0) is 21.1. The van der Waals surface area contributed by atoms with Crippen molar-refractivity contribution in [2.45, 2.75) is 39.3 Å². The lowest BCUT2D eigenvalue weighted by Crippen LogP contribution is -2.31. The average molecular weight is 462 g/mol. The van der Waals surface area contributed by atoms with Crippen molar-refractivity contribution in [1.82, 2.24) is 4.90 Å². The third kappa shape index (κ3) is 4.46. The summed E-state index contributed by atoms with van der Waals surface area (Å²) in [6, 6.07) is 7.90. The van der Waals surface area contributed by atoms with E-state index in [0.717, 1.165) is 10.0 Å². The number of hydrogen-bond donors (Lipinski definition) is 1. The summed E-state index contributed by atoms with van der Waals surface area (Å²) in [4.78, 5) is 27.0. The predicted octanol–water partition coefficient (Wildman–Crippen LogP) is 4.59. The maximum atomic E-state index is 12.8. The number of halogens is 1. The van der Waals surface area contributed by atoms with Crippen molar-refractivity contribution in [2.75, 3.05) is 13.2 Å². The monoisotopic (exact) mass is 461 g/mol. The first kappa shape index (κ1) is 21.3. The van der Waals surface area contributed by atoms with Crippen LogP contribution in [0.3, 0.4) is 0 Å². The molecule has 1 aliphatic rings. The number of carbonyl (C=O) groups is 2. The number of ketones is 1. The van der Waals surface area contributed by atoms with Gasteiger partial charge in [-0.3, -0.25) is 9.59 Å². The van der Waals surface area contributed by atoms with E-state index in [1.165, 1.54) is 11.2 Å². The number of aliphatic hydroxyl groups is 1. The first-order valence-electron chi connectivity index (χ1n) is 9.51. The van der Waals surface area contributed by atoms with Crippen LogP contribution in [0.25, 0.3) is 5.76 Å². The molecule has 0 spiro atoms. The van der Waals surface area contributed by atoms with Gasteiger partial charge in [-0.1, -0.05) is 22.0 Å². The van der Waals surface area contributed by atoms with Crippen LogP contribution in [-0.4, -0.2) is 41.0 Å². The largest absolute Gasteiger partial charge is 0.507 e. The van der Waals surface area contributed by atoms with Gasteiger partial charge in [-0.05, 0) is 57.0 Å². The summed E-state index contributed by atoms with van der Waals surface area (Å²) < 4.78 is 12.0. The van der Waals surface area contributed by atoms with Gasteiger partial charge in [-0.15, -0.1) is 0 Å². The Balaban J connectivity index is 1.99. The second-order valence-corrected chi connectivity index (χ2v) is 8.10. The van der Waals surface area contributed by atoms with Crippen molar-refractivity contribution >= 4 is 33.4 Å². The maximum Gasteiger partial charge on any atom is 0.295 e. The highest BCUT2D eigenvalue weighted by molar-refractivity contribution is 9.10. The highest BCUT2D eigenvalue weighted by Gasteiger charge is 2.47. The van der Waals surface area contributed by atoms with Gasteiger partial charge in [-0.25, -0.2) is 0 Å². The highest BCUT2D eigenvalue weighted by atomic mass is 79.9. The van der Waals surface area contributed by atoms with Crippen molar-refractivity contribution in [3.8, 4) is 0 Å². The first-order chi connectivity index (χ1) is 13.8. The van der Waals surface area contributed by atoms with Crippen LogP contribution in [0.2, 0.25) is 0 Å². The summed E-state index contributed by atoms with van der Waals surface area (Å²) in [6.07, 6.45) is 2.15. The number of furan rings is 1. The van der Waals surface area contributed by atoms with Gasteiger partial charge in [0.1, 0.15) is 17.6 Å². The zero-order valence-corrected chi connectivity index (χ0v) is 18.2. The molecule has 1 amide bonds. The molecule has 1 N–H and O–H groups in total. The van der Waals surface area contributed by atoms with Gasteiger partial charge in [0, 0.05) is 23.2 Å². The van der Waals surface area contributed by atoms with E-state index in [-0.39, 0.29) is 17.4 Å². The lowest BCUT2D eigenvalue weighted by molar-refractivity contribution is -0.140. The highest BCUT2D eigenvalue weighted by Crippen LogP contribution is 2.39. The van der Waals surface area contributed by atoms with Gasteiger partial charge in [0.25, 0.3) is 11.7 Å². The molecule has 3 rings (SSSR count). The molecular formula is C22H24BrNO5. The van der Waals surface area contributed by atoms with Crippen molar-refractivity contribution < 1.29 is 23.8 Å². The Kier molecular flexibility index (Phi) is 6.59. The molecule has 6 nitrogen and oxygen atoms in total. The van der Waals surface area contributed by atoms with Crippen molar-refractivity contribution in [2.24, 2.45) is 0 Å². The Morgan fingerprint density at radius 1 is 1.31 bits per heavy atom. The van der Waals surface area contributed by atoms with E-state index in [0.29, 0.717) is 30.9 Å². The molecule has 29 heavy (non-hydrogen) atoms. The number of aryl methyl sites for hydroxylation is 1. The van der Waals surface area contributed by atoms with E-state index in [2.05, 4.69) is 15.9 Å². The molecule has 0 radical (unpaired) electrons. The van der Waals surface area contributed by atoms with Gasteiger partial charge in [0.15, 0.2) is 0 Å². The SMILES string of the molecule is Cc1cc(/C(O)=C2/C(=O)C(=O)N(CCCOC(C)C)C2c2ccco2)ccc1Br. The summed E-state index contributed by atoms with van der Waals surface area (Å²) in [5.74, 6) is -1.13. The summed E-state index contributed by atoms with van der Waals surface area (Å²) in [5.41, 5.74) is 1.42. The summed E-state index contributed by atoms with van der Waals surface area (Å²) in [6.45, 7) is 6.55. The lowest BCUT2D eigenvalue weighted by atomic mass is 9.98. The average Bonchev–Trinajstić information content (AvgIpc) is 3.28. The number of likely N-dealkylation sites (tertiary alicyclic amines) is 1. The molecule has 0 aliphatic carbocycles. The number of Topliss-reactive ketones (excluding diaryl/α,β-unsaturated/α-hetero) is 1. The Morgan fingerprint density at radius 2 is 2.07 bits per heavy atom. The van der Waals surface area contributed by atoms with Crippen LogP contribution < -0.4 is 0 Å². The van der Waals surface area contributed by atoms with E-state index in [1.54, 1.807) is 30.3 Å². The molecule has 7 heteroatoms. The minimum Gasteiger partial charge on any atom is -0.507 e. The Labute approximate surface area is 178 Å². The van der Waals surface area contributed by atoms with Crippen molar-refractivity contribution in [1.29, 1.82) is 0 Å². The van der Waals surface area contributed by atoms with Gasteiger partial charge < -0.3 is 19.2 Å². The van der Waals surface area contributed by atoms with Crippen LogP contribution in [-0.2, 0) is 14.3 Å². The molecule has 1 unspecified atom stereocenters. The molecule has 2 aromatic rings. The Bertz CT molecular complexity index is 933. The normalized spacial score (nSPS) is 18.8. The molecule has 1 fully saturated rings. The first-order valence-corrected chi connectivity index (χ1v) is 10.3. The van der Waals surface area contributed by atoms with Gasteiger partial charge in [-0.2, -0.15) is 0 Å². The van der Waals surface area contributed by atoms with Crippen LogP contribution in [0.15, 0.2) is 51.1 Å². The molecule has 154 valence electrons. The molecule has 1 aromatic heterocycles. The number of amides is 1. The van der Waals surface area contributed by atoms with E-state index in [9.17, 15) is 14.7 Å². The molecule has 1 atom stereocenters. The van der Waals surface area contributed by atoms with Crippen LogP contribution in [0.4, 0.5) is 0 Å². The van der Waals surface area contributed by atoms with E-state index in [4.69, 9.17) is 9.15 Å². The second kappa shape index (κ2) is 8.97. The van der Waals surface area contributed by atoms with E-state index < -0.39 is 17.7 Å². The number of carbonyl (C=O) groups excluding carboxylic acids is 2. The number of aliphatic hydroxyl groups excluding tert-OH is 1. The second-order valence-electron chi connectivity index (χ2n) is 7.24. The Hall–Kier alpha value is -2.38. The topological polar surface area (TPSA) is 80.0 Å². The van der Waals surface area contributed by atoms with Crippen LogP contribution >= 0.6 is 15.9 Å². The number of rotatable bonds is 7. The van der Waals surface area contributed by atoms with Crippen molar-refractivity contribution in [3.05, 3.63) is 63.5 Å². The molecule has 1 aliphatic heterocycles. The number of benzene rings is 1. The Morgan fingerprint density at radius 3 is 2.69 bits per heavy atom. The molecular weight excluding hydrogens is 438 g/mol. The predicted molar refractivity (Wildman–Crippen MR) is 112 cm³/mol. The van der Waals surface area contributed by atoms with Crippen LogP contribution in [0, 0.1) is 6.92 Å². The smallest absolute Gasteiger partial charge is 0.295 e. The maximum absolute atomic E-state index is 12.8. The summed E-state index contributed by atoms with van der Waals surface area (Å²) >= 11 is 3.43. The molecule has 0 saturated carbocycles. The number of nitrogens with zero attached hydrogens (tertiary/aromatic N) is 1. The van der Waals surface area contributed by atoms with Gasteiger partial charge in [0.2, 0.25) is 0 Å². The van der Waals surface area contributed by atoms with Crippen LogP contribution in [0.1, 0.15) is 43.2 Å². The third-order valence-corrected chi connectivity index (χ3v) is 5.67. The van der Waals surface area contributed by atoms with E-state index >= 15 is 0 Å². The molecule has 1 saturated heterocycles. The lowest BCUT2D eigenvalue weighted by Gasteiger charge is -2.23. The minimum absolute atomic E-state index is 0.0384. The fourth-order valence-corrected chi connectivity index (χ4v) is 3.60.